The number of nitrogens with zero attached hydrogens (tertiary/aromatic N) is 1. The molecule has 0 bridgehead atoms. The van der Waals surface area contributed by atoms with Gasteiger partial charge in [-0.05, 0) is 148 Å². The van der Waals surface area contributed by atoms with Crippen molar-refractivity contribution in [3.63, 3.8) is 0 Å². The summed E-state index contributed by atoms with van der Waals surface area (Å²) in [7, 11) is 0. The van der Waals surface area contributed by atoms with Gasteiger partial charge in [-0.1, -0.05) is 284 Å². The predicted octanol–water partition coefficient (Wildman–Crippen LogP) is 21.2. The molecule has 1 spiro atoms. The molecule has 80 heavy (non-hydrogen) atoms. The summed E-state index contributed by atoms with van der Waals surface area (Å²) in [6, 6.07) is 83.6. The molecule has 3 atom stereocenters. The summed E-state index contributed by atoms with van der Waals surface area (Å²) in [6.45, 7) is 14.1. The second-order valence-electron chi connectivity index (χ2n) is 24.7. The number of fused-ring (bicyclic) bond motifs is 11. The van der Waals surface area contributed by atoms with Crippen LogP contribution in [0.25, 0.3) is 66.4 Å². The molecule has 0 fully saturated rings. The van der Waals surface area contributed by atoms with E-state index < -0.39 is 5.41 Å². The first kappa shape index (κ1) is 49.5. The normalized spacial score (nSPS) is 17.4. The maximum absolute atomic E-state index is 2.61. The number of anilines is 3. The molecule has 0 N–H and O–H groups in total. The Kier molecular flexibility index (Phi) is 11.9. The molecule has 0 aliphatic heterocycles. The van der Waals surface area contributed by atoms with Gasteiger partial charge in [0.15, 0.2) is 0 Å². The van der Waals surface area contributed by atoms with Crippen LogP contribution in [0, 0.1) is 11.8 Å². The second kappa shape index (κ2) is 19.2. The van der Waals surface area contributed by atoms with Gasteiger partial charge in [-0.2, -0.15) is 0 Å². The van der Waals surface area contributed by atoms with Gasteiger partial charge >= 0.3 is 0 Å². The average Bonchev–Trinajstić information content (AvgIpc) is 2.41. The Balaban J connectivity index is 1.06. The minimum absolute atomic E-state index is 0.0548. The molecule has 0 heterocycles. The summed E-state index contributed by atoms with van der Waals surface area (Å²) in [6.07, 6.45) is 19.6. The molecule has 10 aromatic carbocycles. The number of allylic oxidation sites excluding steroid dienone is 8. The van der Waals surface area contributed by atoms with E-state index in [1.807, 2.05) is 0 Å². The van der Waals surface area contributed by atoms with Crippen LogP contribution in [0.3, 0.4) is 0 Å². The third-order valence-corrected chi connectivity index (χ3v) is 18.0. The maximum Gasteiger partial charge on any atom is 0.0726 e. The molecule has 0 aromatic heterocycles. The summed E-state index contributed by atoms with van der Waals surface area (Å²) in [4.78, 5) is 2.61. The van der Waals surface area contributed by atoms with E-state index in [-0.39, 0.29) is 16.7 Å². The number of benzene rings is 10. The van der Waals surface area contributed by atoms with E-state index in [0.717, 1.165) is 23.5 Å². The Morgan fingerprint density at radius 3 is 1.55 bits per heavy atom. The molecule has 1 heteroatoms. The number of para-hydroxylation sites is 2. The van der Waals surface area contributed by atoms with E-state index in [1.165, 1.54) is 105 Å². The quantitative estimate of drug-likeness (QED) is 0.147. The SMILES string of the molecule is CC(C)(C)c1ccc2c(c1)C1(c3ccccc3-c3ccc(N(c4ccccc4-c4ccccc4C4C=CC=CC4C4C=CC=CC4)c4ccccc4-c4cccc5cccc(-c6ccccc6)c45)cc31)c1cc(C(C)(C)C)ccc1-2. The highest BCUT2D eigenvalue weighted by Crippen LogP contribution is 2.64. The highest BCUT2D eigenvalue weighted by atomic mass is 15.1. The minimum atomic E-state index is -0.578. The fraction of sp³-hybridized carbons (Fsp3) is 0.165. The molecule has 0 saturated carbocycles. The summed E-state index contributed by atoms with van der Waals surface area (Å²) in [5.41, 5.74) is 24.6. The van der Waals surface area contributed by atoms with Crippen LogP contribution in [0.4, 0.5) is 17.1 Å². The van der Waals surface area contributed by atoms with Gasteiger partial charge in [0.05, 0.1) is 16.8 Å². The van der Waals surface area contributed by atoms with Crippen LogP contribution in [-0.2, 0) is 16.2 Å². The van der Waals surface area contributed by atoms with Crippen LogP contribution >= 0.6 is 0 Å². The molecule has 0 saturated heterocycles. The number of hydrogen-bond donors (Lipinski definition) is 0. The van der Waals surface area contributed by atoms with Crippen LogP contribution in [0.5, 0.6) is 0 Å². The van der Waals surface area contributed by atoms with Crippen molar-refractivity contribution in [3.05, 3.63) is 306 Å². The standard InChI is InChI=1S/C79H67N/c1-77(2,3)55-43-46-64-65-47-44-56(78(4,5)6)50-72(65)79(71(64)49-55)70-40-20-17-35-63(70)66-48-45-57(51-73(66)79)80(75-42-22-19-37-68(75)69-39-24-30-54-29-23-38-59(76(54)69)53-27-11-8-12-28-53)74-41-21-18-36-67(74)62-34-16-15-33-61(62)60-32-14-13-31-58(60)52-25-9-7-10-26-52/h7-25,27-52,58,60H,26H2,1-6H3. The fourth-order valence-electron chi connectivity index (χ4n) is 14.1. The van der Waals surface area contributed by atoms with E-state index in [0.29, 0.717) is 11.8 Å². The van der Waals surface area contributed by atoms with E-state index in [9.17, 15) is 0 Å². The molecule has 4 aliphatic rings. The molecule has 0 amide bonds. The zero-order valence-corrected chi connectivity index (χ0v) is 46.8. The van der Waals surface area contributed by atoms with Gasteiger partial charge < -0.3 is 4.90 Å². The van der Waals surface area contributed by atoms with E-state index in [2.05, 4.69) is 313 Å². The Morgan fingerprint density at radius 2 is 0.900 bits per heavy atom. The van der Waals surface area contributed by atoms with Crippen LogP contribution in [0.15, 0.2) is 267 Å². The van der Waals surface area contributed by atoms with Gasteiger partial charge in [0.2, 0.25) is 0 Å². The summed E-state index contributed by atoms with van der Waals surface area (Å²) in [5, 5.41) is 2.46. The van der Waals surface area contributed by atoms with Gasteiger partial charge in [-0.3, -0.25) is 0 Å². The maximum atomic E-state index is 2.61. The van der Waals surface area contributed by atoms with Gasteiger partial charge in [0, 0.05) is 22.7 Å². The molecule has 388 valence electrons. The first-order chi connectivity index (χ1) is 39.0. The van der Waals surface area contributed by atoms with Gasteiger partial charge in [0.25, 0.3) is 0 Å². The average molecular weight is 1030 g/mol. The fourth-order valence-corrected chi connectivity index (χ4v) is 14.1. The highest BCUT2D eigenvalue weighted by molar-refractivity contribution is 6.09. The monoisotopic (exact) mass is 1030 g/mol. The molecular formula is C79H67N. The second-order valence-corrected chi connectivity index (χ2v) is 24.7. The van der Waals surface area contributed by atoms with Gasteiger partial charge in [0.1, 0.15) is 0 Å². The van der Waals surface area contributed by atoms with Crippen molar-refractivity contribution in [1.29, 1.82) is 0 Å². The van der Waals surface area contributed by atoms with Crippen LogP contribution in [0.2, 0.25) is 0 Å². The number of rotatable bonds is 8. The lowest BCUT2D eigenvalue weighted by Crippen LogP contribution is -2.27. The molecule has 3 unspecified atom stereocenters. The molecule has 1 nitrogen and oxygen atoms in total. The van der Waals surface area contributed by atoms with Crippen molar-refractivity contribution < 1.29 is 0 Å². The highest BCUT2D eigenvalue weighted by Gasteiger charge is 2.52. The largest absolute Gasteiger partial charge is 0.309 e. The first-order valence-corrected chi connectivity index (χ1v) is 28.9. The first-order valence-electron chi connectivity index (χ1n) is 28.9. The van der Waals surface area contributed by atoms with E-state index in [1.54, 1.807) is 0 Å². The van der Waals surface area contributed by atoms with Crippen molar-refractivity contribution in [1.82, 2.24) is 0 Å². The van der Waals surface area contributed by atoms with Crippen LogP contribution in [-0.4, -0.2) is 0 Å². The molecule has 10 aromatic rings. The van der Waals surface area contributed by atoms with Gasteiger partial charge in [-0.25, -0.2) is 0 Å². The zero-order chi connectivity index (χ0) is 54.3. The summed E-state index contributed by atoms with van der Waals surface area (Å²) in [5.74, 6) is 0.919. The zero-order valence-electron chi connectivity index (χ0n) is 46.8. The molecule has 14 rings (SSSR count). The molecular weight excluding hydrogens is 963 g/mol. The van der Waals surface area contributed by atoms with Crippen molar-refractivity contribution in [2.75, 3.05) is 4.90 Å². The minimum Gasteiger partial charge on any atom is -0.309 e. The van der Waals surface area contributed by atoms with Crippen molar-refractivity contribution in [2.24, 2.45) is 11.8 Å². The van der Waals surface area contributed by atoms with Crippen LogP contribution < -0.4 is 4.90 Å². The Morgan fingerprint density at radius 1 is 0.388 bits per heavy atom. The molecule has 0 radical (unpaired) electrons. The predicted molar refractivity (Wildman–Crippen MR) is 340 cm³/mol. The van der Waals surface area contributed by atoms with E-state index >= 15 is 0 Å². The van der Waals surface area contributed by atoms with Crippen molar-refractivity contribution >= 4 is 27.8 Å². The van der Waals surface area contributed by atoms with Gasteiger partial charge in [-0.15, -0.1) is 0 Å². The summed E-state index contributed by atoms with van der Waals surface area (Å²) >= 11 is 0. The Hall–Kier alpha value is -8.78. The lowest BCUT2D eigenvalue weighted by Gasteiger charge is -2.35. The van der Waals surface area contributed by atoms with Crippen molar-refractivity contribution in [2.45, 2.75) is 70.1 Å². The smallest absolute Gasteiger partial charge is 0.0726 e. The third kappa shape index (κ3) is 7.96. The van der Waals surface area contributed by atoms with E-state index in [4.69, 9.17) is 0 Å². The van der Waals surface area contributed by atoms with Crippen molar-refractivity contribution in [3.8, 4) is 55.6 Å². The van der Waals surface area contributed by atoms with Crippen LogP contribution in [0.1, 0.15) is 92.8 Å². The number of hydrogen-bond acceptors (Lipinski definition) is 1. The molecule has 4 aliphatic carbocycles. The Labute approximate surface area is 473 Å². The lowest BCUT2D eigenvalue weighted by molar-refractivity contribution is 0.435. The Bertz CT molecular complexity index is 4130. The lowest BCUT2D eigenvalue weighted by atomic mass is 9.68. The third-order valence-electron chi connectivity index (χ3n) is 18.0. The summed E-state index contributed by atoms with van der Waals surface area (Å²) < 4.78 is 0. The topological polar surface area (TPSA) is 3.24 Å².